The lowest BCUT2D eigenvalue weighted by Crippen LogP contribution is -1.92. The number of benzene rings is 1. The summed E-state index contributed by atoms with van der Waals surface area (Å²) < 4.78 is 0. The highest BCUT2D eigenvalue weighted by Gasteiger charge is 2.13. The summed E-state index contributed by atoms with van der Waals surface area (Å²) >= 11 is 18.1. The van der Waals surface area contributed by atoms with E-state index < -0.39 is 0 Å². The summed E-state index contributed by atoms with van der Waals surface area (Å²) in [5.41, 5.74) is 3.90. The second-order valence-corrected chi connectivity index (χ2v) is 4.99. The van der Waals surface area contributed by atoms with Crippen molar-refractivity contribution < 1.29 is 0 Å². The zero-order valence-electron chi connectivity index (χ0n) is 9.39. The summed E-state index contributed by atoms with van der Waals surface area (Å²) in [5.74, 6) is 0. The number of rotatable bonds is 1. The highest BCUT2D eigenvalue weighted by atomic mass is 35.5. The molecule has 0 N–H and O–H groups in total. The van der Waals surface area contributed by atoms with Crippen LogP contribution in [0.15, 0.2) is 24.4 Å². The number of aryl methyl sites for hydroxylation is 1. The van der Waals surface area contributed by atoms with Crippen LogP contribution in [0.25, 0.3) is 11.3 Å². The quantitative estimate of drug-likeness (QED) is 0.646. The standard InChI is InChI=1S/C13H10Cl3N/c1-7-5-6-17-13(8(7)2)9-3-4-10(14)12(16)11(9)15/h3-6H,1-2H3. The van der Waals surface area contributed by atoms with E-state index in [1.165, 1.54) is 0 Å². The fraction of sp³-hybridized carbons (Fsp3) is 0.154. The first kappa shape index (κ1) is 12.7. The molecule has 0 fully saturated rings. The average Bonchev–Trinajstić information content (AvgIpc) is 2.31. The molecule has 0 atom stereocenters. The number of pyridine rings is 1. The van der Waals surface area contributed by atoms with Crippen molar-refractivity contribution in [3.05, 3.63) is 50.6 Å². The summed E-state index contributed by atoms with van der Waals surface area (Å²) in [4.78, 5) is 4.35. The van der Waals surface area contributed by atoms with Gasteiger partial charge in [0.2, 0.25) is 0 Å². The molecule has 4 heteroatoms. The van der Waals surface area contributed by atoms with Gasteiger partial charge in [-0.25, -0.2) is 0 Å². The van der Waals surface area contributed by atoms with Crippen LogP contribution >= 0.6 is 34.8 Å². The molecule has 0 aliphatic heterocycles. The summed E-state index contributed by atoms with van der Waals surface area (Å²) in [6.45, 7) is 4.04. The number of hydrogen-bond acceptors (Lipinski definition) is 1. The minimum absolute atomic E-state index is 0.369. The van der Waals surface area contributed by atoms with Gasteiger partial charge < -0.3 is 0 Å². The Morgan fingerprint density at radius 3 is 2.35 bits per heavy atom. The van der Waals surface area contributed by atoms with Gasteiger partial charge in [-0.05, 0) is 43.2 Å². The molecule has 0 aliphatic rings. The Balaban J connectivity index is 2.69. The van der Waals surface area contributed by atoms with Crippen molar-refractivity contribution in [2.45, 2.75) is 13.8 Å². The Morgan fingerprint density at radius 2 is 1.65 bits per heavy atom. The molecule has 17 heavy (non-hydrogen) atoms. The first-order valence-corrected chi connectivity index (χ1v) is 6.22. The van der Waals surface area contributed by atoms with E-state index in [1.54, 1.807) is 12.3 Å². The van der Waals surface area contributed by atoms with Crippen LogP contribution in [0.5, 0.6) is 0 Å². The predicted octanol–water partition coefficient (Wildman–Crippen LogP) is 5.33. The summed E-state index contributed by atoms with van der Waals surface area (Å²) in [5, 5.41) is 1.26. The number of nitrogens with zero attached hydrogens (tertiary/aromatic N) is 1. The van der Waals surface area contributed by atoms with E-state index in [0.717, 1.165) is 22.4 Å². The second-order valence-electron chi connectivity index (χ2n) is 3.82. The van der Waals surface area contributed by atoms with E-state index in [2.05, 4.69) is 4.98 Å². The lowest BCUT2D eigenvalue weighted by atomic mass is 10.0. The highest BCUT2D eigenvalue weighted by molar-refractivity contribution is 6.49. The van der Waals surface area contributed by atoms with Crippen molar-refractivity contribution in [1.29, 1.82) is 0 Å². The molecule has 0 aliphatic carbocycles. The Labute approximate surface area is 115 Å². The van der Waals surface area contributed by atoms with Crippen LogP contribution in [0, 0.1) is 13.8 Å². The van der Waals surface area contributed by atoms with Gasteiger partial charge in [0.1, 0.15) is 0 Å². The smallest absolute Gasteiger partial charge is 0.0785 e. The number of hydrogen-bond donors (Lipinski definition) is 0. The average molecular weight is 287 g/mol. The molecular weight excluding hydrogens is 277 g/mol. The molecule has 1 aromatic heterocycles. The van der Waals surface area contributed by atoms with E-state index in [0.29, 0.717) is 15.1 Å². The Hall–Kier alpha value is -0.760. The topological polar surface area (TPSA) is 12.9 Å². The molecule has 1 aromatic carbocycles. The highest BCUT2D eigenvalue weighted by Crippen LogP contribution is 2.38. The molecule has 2 aromatic rings. The van der Waals surface area contributed by atoms with Gasteiger partial charge in [0, 0.05) is 11.8 Å². The third kappa shape index (κ3) is 2.28. The van der Waals surface area contributed by atoms with E-state index in [4.69, 9.17) is 34.8 Å². The molecule has 0 radical (unpaired) electrons. The summed E-state index contributed by atoms with van der Waals surface area (Å²) in [7, 11) is 0. The fourth-order valence-electron chi connectivity index (χ4n) is 1.61. The molecular formula is C13H10Cl3N. The van der Waals surface area contributed by atoms with E-state index >= 15 is 0 Å². The third-order valence-electron chi connectivity index (χ3n) is 2.77. The third-order valence-corrected chi connectivity index (χ3v) is 4.06. The van der Waals surface area contributed by atoms with Crippen molar-refractivity contribution in [1.82, 2.24) is 4.98 Å². The molecule has 88 valence electrons. The SMILES string of the molecule is Cc1ccnc(-c2ccc(Cl)c(Cl)c2Cl)c1C. The normalized spacial score (nSPS) is 10.6. The fourth-order valence-corrected chi connectivity index (χ4v) is 2.24. The summed E-state index contributed by atoms with van der Waals surface area (Å²) in [6.07, 6.45) is 1.76. The van der Waals surface area contributed by atoms with Crippen molar-refractivity contribution in [3.63, 3.8) is 0 Å². The molecule has 0 unspecified atom stereocenters. The maximum Gasteiger partial charge on any atom is 0.0785 e. The van der Waals surface area contributed by atoms with Crippen molar-refractivity contribution in [3.8, 4) is 11.3 Å². The minimum atomic E-state index is 0.369. The monoisotopic (exact) mass is 285 g/mol. The van der Waals surface area contributed by atoms with Crippen LogP contribution in [0.4, 0.5) is 0 Å². The van der Waals surface area contributed by atoms with Crippen molar-refractivity contribution in [2.75, 3.05) is 0 Å². The van der Waals surface area contributed by atoms with Crippen LogP contribution < -0.4 is 0 Å². The summed E-state index contributed by atoms with van der Waals surface area (Å²) in [6, 6.07) is 5.53. The second kappa shape index (κ2) is 4.85. The molecule has 0 amide bonds. The van der Waals surface area contributed by atoms with E-state index in [1.807, 2.05) is 26.0 Å². The molecule has 0 bridgehead atoms. The molecule has 1 heterocycles. The van der Waals surface area contributed by atoms with Gasteiger partial charge in [-0.1, -0.05) is 34.8 Å². The largest absolute Gasteiger partial charge is 0.256 e. The minimum Gasteiger partial charge on any atom is -0.256 e. The zero-order valence-corrected chi connectivity index (χ0v) is 11.7. The molecule has 2 rings (SSSR count). The van der Waals surface area contributed by atoms with Gasteiger partial charge in [0.15, 0.2) is 0 Å². The van der Waals surface area contributed by atoms with Gasteiger partial charge in [-0.15, -0.1) is 0 Å². The van der Waals surface area contributed by atoms with Gasteiger partial charge in [-0.3, -0.25) is 4.98 Å². The predicted molar refractivity (Wildman–Crippen MR) is 74.2 cm³/mol. The maximum atomic E-state index is 6.20. The van der Waals surface area contributed by atoms with E-state index in [9.17, 15) is 0 Å². The van der Waals surface area contributed by atoms with Gasteiger partial charge >= 0.3 is 0 Å². The van der Waals surface area contributed by atoms with Crippen LogP contribution in [0.2, 0.25) is 15.1 Å². The lowest BCUT2D eigenvalue weighted by molar-refractivity contribution is 1.22. The van der Waals surface area contributed by atoms with Crippen LogP contribution in [0.1, 0.15) is 11.1 Å². The van der Waals surface area contributed by atoms with Crippen molar-refractivity contribution >= 4 is 34.8 Å². The van der Waals surface area contributed by atoms with Crippen molar-refractivity contribution in [2.24, 2.45) is 0 Å². The lowest BCUT2D eigenvalue weighted by Gasteiger charge is -2.10. The zero-order chi connectivity index (χ0) is 12.6. The first-order valence-electron chi connectivity index (χ1n) is 5.08. The van der Waals surface area contributed by atoms with Crippen LogP contribution in [-0.2, 0) is 0 Å². The Bertz CT molecular complexity index is 579. The Morgan fingerprint density at radius 1 is 0.941 bits per heavy atom. The van der Waals surface area contributed by atoms with Crippen LogP contribution in [-0.4, -0.2) is 4.98 Å². The molecule has 0 spiro atoms. The number of halogens is 3. The number of aromatic nitrogens is 1. The molecule has 0 saturated heterocycles. The molecule has 0 saturated carbocycles. The first-order chi connectivity index (χ1) is 8.02. The van der Waals surface area contributed by atoms with E-state index in [-0.39, 0.29) is 0 Å². The Kier molecular flexibility index (Phi) is 3.62. The maximum absolute atomic E-state index is 6.20. The van der Waals surface area contributed by atoms with Gasteiger partial charge in [-0.2, -0.15) is 0 Å². The van der Waals surface area contributed by atoms with Gasteiger partial charge in [0.25, 0.3) is 0 Å². The molecule has 1 nitrogen and oxygen atoms in total. The van der Waals surface area contributed by atoms with Crippen LogP contribution in [0.3, 0.4) is 0 Å². The van der Waals surface area contributed by atoms with Gasteiger partial charge in [0.05, 0.1) is 20.8 Å².